The van der Waals surface area contributed by atoms with E-state index in [0.717, 1.165) is 25.7 Å². The highest BCUT2D eigenvalue weighted by atomic mass is 16.3. The van der Waals surface area contributed by atoms with E-state index in [1.165, 1.54) is 17.2 Å². The van der Waals surface area contributed by atoms with Crippen molar-refractivity contribution in [1.82, 2.24) is 15.8 Å². The van der Waals surface area contributed by atoms with Crippen molar-refractivity contribution >= 4 is 23.6 Å². The van der Waals surface area contributed by atoms with Crippen LogP contribution in [0.5, 0.6) is 0 Å². The topological polar surface area (TPSA) is 109 Å². The minimum absolute atomic E-state index is 0.0388. The van der Waals surface area contributed by atoms with Gasteiger partial charge in [-0.2, -0.15) is 0 Å². The molecule has 2 fully saturated rings. The molecule has 1 aliphatic carbocycles. The van der Waals surface area contributed by atoms with Gasteiger partial charge in [0.1, 0.15) is 5.76 Å². The fourth-order valence-corrected chi connectivity index (χ4v) is 3.54. The molecule has 0 aromatic carbocycles. The Hall–Kier alpha value is -2.64. The average molecular weight is 347 g/mol. The zero-order valence-corrected chi connectivity index (χ0v) is 14.0. The number of hydrogen-bond donors (Lipinski definition) is 2. The molecule has 2 aliphatic rings. The number of hydrogen-bond acceptors (Lipinski definition) is 5. The van der Waals surface area contributed by atoms with Crippen LogP contribution in [-0.4, -0.2) is 35.1 Å². The van der Waals surface area contributed by atoms with Crippen LogP contribution in [0.1, 0.15) is 48.2 Å². The summed E-state index contributed by atoms with van der Waals surface area (Å²) in [5.74, 6) is -1.27. The van der Waals surface area contributed by atoms with Crippen LogP contribution in [-0.2, 0) is 14.4 Å². The van der Waals surface area contributed by atoms with Gasteiger partial charge in [-0.1, -0.05) is 12.8 Å². The number of aryl methyl sites for hydroxylation is 1. The van der Waals surface area contributed by atoms with Gasteiger partial charge in [0, 0.05) is 13.0 Å². The molecule has 1 saturated heterocycles. The van der Waals surface area contributed by atoms with Gasteiger partial charge in [-0.15, -0.1) is 0 Å². The second kappa shape index (κ2) is 7.08. The summed E-state index contributed by atoms with van der Waals surface area (Å²) in [7, 11) is 0. The van der Waals surface area contributed by atoms with E-state index in [-0.39, 0.29) is 36.6 Å². The SMILES string of the molecule is Cc1occc1C(=O)NNC(=O)CCN1C(=O)[C@@H]2CCCC[C@H]2C1=O. The maximum atomic E-state index is 12.3. The van der Waals surface area contributed by atoms with Crippen molar-refractivity contribution in [3.63, 3.8) is 0 Å². The van der Waals surface area contributed by atoms with E-state index in [1.807, 2.05) is 0 Å². The van der Waals surface area contributed by atoms with Crippen LogP contribution < -0.4 is 10.9 Å². The van der Waals surface area contributed by atoms with E-state index in [2.05, 4.69) is 10.9 Å². The molecule has 134 valence electrons. The lowest BCUT2D eigenvalue weighted by atomic mass is 9.81. The summed E-state index contributed by atoms with van der Waals surface area (Å²) in [4.78, 5) is 49.6. The molecular weight excluding hydrogens is 326 g/mol. The molecule has 2 N–H and O–H groups in total. The molecule has 25 heavy (non-hydrogen) atoms. The van der Waals surface area contributed by atoms with Gasteiger partial charge >= 0.3 is 0 Å². The summed E-state index contributed by atoms with van der Waals surface area (Å²) in [6.07, 6.45) is 4.76. The van der Waals surface area contributed by atoms with Crippen LogP contribution >= 0.6 is 0 Å². The largest absolute Gasteiger partial charge is 0.469 e. The molecule has 3 rings (SSSR count). The first kappa shape index (κ1) is 17.2. The number of likely N-dealkylation sites (tertiary alicyclic amines) is 1. The van der Waals surface area contributed by atoms with Gasteiger partial charge in [-0.05, 0) is 25.8 Å². The lowest BCUT2D eigenvalue weighted by Crippen LogP contribution is -2.43. The van der Waals surface area contributed by atoms with Crippen LogP contribution in [0.15, 0.2) is 16.7 Å². The summed E-state index contributed by atoms with van der Waals surface area (Å²) in [6.45, 7) is 1.68. The van der Waals surface area contributed by atoms with Crippen LogP contribution in [0.2, 0.25) is 0 Å². The van der Waals surface area contributed by atoms with Gasteiger partial charge in [0.15, 0.2) is 0 Å². The minimum Gasteiger partial charge on any atom is -0.469 e. The second-order valence-electron chi connectivity index (χ2n) is 6.47. The standard InChI is InChI=1S/C17H21N3O5/c1-10-11(7-9-25-10)15(22)19-18-14(21)6-8-20-16(23)12-4-2-3-5-13(12)17(20)24/h7,9,12-13H,2-6,8H2,1H3,(H,18,21)(H,19,22)/t12-,13-/m1/s1. The maximum absolute atomic E-state index is 12.3. The molecular formula is C17H21N3O5. The molecule has 4 amide bonds. The molecule has 2 heterocycles. The predicted molar refractivity (Wildman–Crippen MR) is 85.8 cm³/mol. The third-order valence-electron chi connectivity index (χ3n) is 4.91. The second-order valence-corrected chi connectivity index (χ2v) is 6.47. The van der Waals surface area contributed by atoms with Crippen molar-refractivity contribution in [1.29, 1.82) is 0 Å². The van der Waals surface area contributed by atoms with E-state index in [0.29, 0.717) is 11.3 Å². The highest BCUT2D eigenvalue weighted by Gasteiger charge is 2.47. The van der Waals surface area contributed by atoms with Gasteiger partial charge in [0.25, 0.3) is 5.91 Å². The first-order chi connectivity index (χ1) is 12.0. The van der Waals surface area contributed by atoms with Crippen LogP contribution in [0.4, 0.5) is 0 Å². The van der Waals surface area contributed by atoms with E-state index < -0.39 is 11.8 Å². The molecule has 8 nitrogen and oxygen atoms in total. The number of hydrazine groups is 1. The summed E-state index contributed by atoms with van der Waals surface area (Å²) >= 11 is 0. The van der Waals surface area contributed by atoms with Gasteiger partial charge in [0.2, 0.25) is 17.7 Å². The molecule has 0 radical (unpaired) electrons. The molecule has 8 heteroatoms. The summed E-state index contributed by atoms with van der Waals surface area (Å²) < 4.78 is 5.02. The van der Waals surface area contributed by atoms with Crippen LogP contribution in [0.25, 0.3) is 0 Å². The van der Waals surface area contributed by atoms with Gasteiger partial charge < -0.3 is 4.42 Å². The lowest BCUT2D eigenvalue weighted by Gasteiger charge is -2.19. The molecule has 0 unspecified atom stereocenters. The molecule has 1 aliphatic heterocycles. The first-order valence-electron chi connectivity index (χ1n) is 8.47. The molecule has 0 bridgehead atoms. The number of rotatable bonds is 4. The molecule has 1 aromatic rings. The Balaban J connectivity index is 1.47. The third kappa shape index (κ3) is 3.42. The maximum Gasteiger partial charge on any atom is 0.273 e. The third-order valence-corrected chi connectivity index (χ3v) is 4.91. The summed E-state index contributed by atoms with van der Waals surface area (Å²) in [5.41, 5.74) is 4.90. The van der Waals surface area contributed by atoms with Crippen molar-refractivity contribution in [2.45, 2.75) is 39.0 Å². The van der Waals surface area contributed by atoms with E-state index in [9.17, 15) is 19.2 Å². The van der Waals surface area contributed by atoms with Gasteiger partial charge in [0.05, 0.1) is 23.7 Å². The Morgan fingerprint density at radius 3 is 2.36 bits per heavy atom. The first-order valence-corrected chi connectivity index (χ1v) is 8.47. The van der Waals surface area contributed by atoms with E-state index in [4.69, 9.17) is 4.42 Å². The van der Waals surface area contributed by atoms with E-state index in [1.54, 1.807) is 6.92 Å². The van der Waals surface area contributed by atoms with Crippen molar-refractivity contribution in [3.8, 4) is 0 Å². The van der Waals surface area contributed by atoms with Crippen LogP contribution in [0, 0.1) is 18.8 Å². The number of fused-ring (bicyclic) bond motifs is 1. The highest BCUT2D eigenvalue weighted by Crippen LogP contribution is 2.37. The van der Waals surface area contributed by atoms with Crippen molar-refractivity contribution in [2.75, 3.05) is 6.54 Å². The number of nitrogens with one attached hydrogen (secondary N) is 2. The summed E-state index contributed by atoms with van der Waals surface area (Å²) in [5, 5.41) is 0. The van der Waals surface area contributed by atoms with Gasteiger partial charge in [-0.3, -0.25) is 34.9 Å². The number of imide groups is 1. The molecule has 2 atom stereocenters. The zero-order valence-electron chi connectivity index (χ0n) is 14.0. The number of carbonyl (C=O) groups is 4. The van der Waals surface area contributed by atoms with E-state index >= 15 is 0 Å². The molecule has 1 aromatic heterocycles. The van der Waals surface area contributed by atoms with Crippen molar-refractivity contribution < 1.29 is 23.6 Å². The minimum atomic E-state index is -0.487. The fraction of sp³-hybridized carbons (Fsp3) is 0.529. The normalized spacial score (nSPS) is 22.7. The Morgan fingerprint density at radius 1 is 1.16 bits per heavy atom. The Kier molecular flexibility index (Phi) is 4.87. The highest BCUT2D eigenvalue weighted by molar-refractivity contribution is 6.05. The number of amides is 4. The summed E-state index contributed by atoms with van der Waals surface area (Å²) in [6, 6.07) is 1.50. The van der Waals surface area contributed by atoms with Gasteiger partial charge in [-0.25, -0.2) is 0 Å². The average Bonchev–Trinajstić information content (AvgIpc) is 3.14. The monoisotopic (exact) mass is 347 g/mol. The Morgan fingerprint density at radius 2 is 1.80 bits per heavy atom. The number of carbonyl (C=O) groups excluding carboxylic acids is 4. The zero-order chi connectivity index (χ0) is 18.0. The number of furan rings is 1. The van der Waals surface area contributed by atoms with Crippen molar-refractivity contribution in [3.05, 3.63) is 23.7 Å². The quantitative estimate of drug-likeness (QED) is 0.622. The smallest absolute Gasteiger partial charge is 0.273 e. The van der Waals surface area contributed by atoms with Crippen LogP contribution in [0.3, 0.4) is 0 Å². The lowest BCUT2D eigenvalue weighted by molar-refractivity contribution is -0.140. The Bertz CT molecular complexity index is 687. The Labute approximate surface area is 144 Å². The van der Waals surface area contributed by atoms with Crippen molar-refractivity contribution in [2.24, 2.45) is 11.8 Å². The predicted octanol–water partition coefficient (Wildman–Crippen LogP) is 0.914. The molecule has 0 spiro atoms. The molecule has 1 saturated carbocycles. The number of nitrogens with zero attached hydrogens (tertiary/aromatic N) is 1. The fourth-order valence-electron chi connectivity index (χ4n) is 3.54.